The maximum atomic E-state index is 14.3. The third kappa shape index (κ3) is 5.86. The van der Waals surface area contributed by atoms with Crippen LogP contribution in [0.4, 0.5) is 17.1 Å². The van der Waals surface area contributed by atoms with Gasteiger partial charge in [0.15, 0.2) is 5.60 Å². The number of nitrogens with zero attached hydrogens (tertiary/aromatic N) is 3. The van der Waals surface area contributed by atoms with Crippen LogP contribution in [0.15, 0.2) is 103 Å². The van der Waals surface area contributed by atoms with Crippen LogP contribution in [0, 0.1) is 5.92 Å². The molecule has 3 aliphatic rings. The van der Waals surface area contributed by atoms with Gasteiger partial charge in [-0.25, -0.2) is 0 Å². The molecule has 9 nitrogen and oxygen atoms in total. The molecule has 0 bridgehead atoms. The molecule has 50 heavy (non-hydrogen) atoms. The lowest BCUT2D eigenvalue weighted by Gasteiger charge is -2.36. The maximum absolute atomic E-state index is 14.3. The lowest BCUT2D eigenvalue weighted by Crippen LogP contribution is -2.46. The molecule has 256 valence electrons. The molecule has 0 unspecified atom stereocenters. The van der Waals surface area contributed by atoms with Crippen LogP contribution in [0.2, 0.25) is 0 Å². The predicted octanol–water partition coefficient (Wildman–Crippen LogP) is 5.57. The smallest absolute Gasteiger partial charge is 0.264 e. The first kappa shape index (κ1) is 33.3. The van der Waals surface area contributed by atoms with Crippen molar-refractivity contribution >= 4 is 34.8 Å². The molecule has 3 amide bonds. The molecule has 3 atom stereocenters. The Balaban J connectivity index is 1.12. The number of methoxy groups -OCH3 is 1. The van der Waals surface area contributed by atoms with Crippen molar-refractivity contribution in [3.63, 3.8) is 0 Å². The van der Waals surface area contributed by atoms with E-state index >= 15 is 0 Å². The number of rotatable bonds is 9. The molecule has 3 aliphatic heterocycles. The molecule has 4 aromatic rings. The van der Waals surface area contributed by atoms with Crippen molar-refractivity contribution < 1.29 is 29.3 Å². The van der Waals surface area contributed by atoms with E-state index in [1.807, 2.05) is 72.8 Å². The van der Waals surface area contributed by atoms with Gasteiger partial charge in [-0.15, -0.1) is 0 Å². The van der Waals surface area contributed by atoms with Gasteiger partial charge in [-0.1, -0.05) is 73.7 Å². The van der Waals surface area contributed by atoms with Gasteiger partial charge in [-0.3, -0.25) is 19.3 Å². The highest BCUT2D eigenvalue weighted by molar-refractivity contribution is 6.07. The number of aliphatic hydroxyl groups excluding tert-OH is 1. The van der Waals surface area contributed by atoms with Gasteiger partial charge < -0.3 is 24.7 Å². The summed E-state index contributed by atoms with van der Waals surface area (Å²) < 4.78 is 5.48. The van der Waals surface area contributed by atoms with Crippen LogP contribution in [0.3, 0.4) is 0 Å². The van der Waals surface area contributed by atoms with Gasteiger partial charge in [0, 0.05) is 36.6 Å². The van der Waals surface area contributed by atoms with Gasteiger partial charge in [-0.05, 0) is 71.5 Å². The van der Waals surface area contributed by atoms with Crippen LogP contribution < -0.4 is 14.5 Å². The summed E-state index contributed by atoms with van der Waals surface area (Å²) in [6, 6.07) is 28.4. The number of carbonyl (C=O) groups excluding carboxylic acids is 3. The summed E-state index contributed by atoms with van der Waals surface area (Å²) >= 11 is 0. The second kappa shape index (κ2) is 13.6. The van der Waals surface area contributed by atoms with Crippen LogP contribution in [0.25, 0.3) is 0 Å². The third-order valence-corrected chi connectivity index (χ3v) is 10.3. The van der Waals surface area contributed by atoms with E-state index in [1.165, 1.54) is 7.11 Å². The number of anilines is 3. The zero-order chi connectivity index (χ0) is 35.0. The average Bonchev–Trinajstić information content (AvgIpc) is 3.35. The first-order chi connectivity index (χ1) is 24.2. The Labute approximate surface area is 292 Å². The Morgan fingerprint density at radius 3 is 2.48 bits per heavy atom. The van der Waals surface area contributed by atoms with Crippen molar-refractivity contribution in [1.29, 1.82) is 0 Å². The summed E-state index contributed by atoms with van der Waals surface area (Å²) in [5, 5.41) is 22.3. The summed E-state index contributed by atoms with van der Waals surface area (Å²) in [6.07, 6.45) is 5.18. The van der Waals surface area contributed by atoms with E-state index in [9.17, 15) is 24.6 Å². The zero-order valence-corrected chi connectivity index (χ0v) is 28.3. The summed E-state index contributed by atoms with van der Waals surface area (Å²) in [7, 11) is 1.54. The molecule has 0 radical (unpaired) electrons. The van der Waals surface area contributed by atoms with Crippen molar-refractivity contribution in [3.05, 3.63) is 131 Å². The molecule has 0 saturated carbocycles. The van der Waals surface area contributed by atoms with E-state index in [-0.39, 0.29) is 37.4 Å². The number of carbonyl (C=O) groups is 3. The molecule has 4 aromatic carbocycles. The van der Waals surface area contributed by atoms with Crippen LogP contribution in [0.1, 0.15) is 47.6 Å². The number of aliphatic hydroxyl groups is 2. The largest absolute Gasteiger partial charge is 0.497 e. The first-order valence-electron chi connectivity index (χ1n) is 17.1. The molecule has 3 heterocycles. The molecule has 2 N–H and O–H groups in total. The van der Waals surface area contributed by atoms with E-state index < -0.39 is 17.4 Å². The van der Waals surface area contributed by atoms with Crippen molar-refractivity contribution in [2.45, 2.75) is 57.3 Å². The van der Waals surface area contributed by atoms with Gasteiger partial charge in [0.25, 0.3) is 5.91 Å². The lowest BCUT2D eigenvalue weighted by atomic mass is 9.82. The molecular formula is C41H41N3O6. The summed E-state index contributed by atoms with van der Waals surface area (Å²) in [4.78, 5) is 45.8. The Morgan fingerprint density at radius 1 is 0.940 bits per heavy atom. The Bertz CT molecular complexity index is 1990. The highest BCUT2D eigenvalue weighted by Gasteiger charge is 2.52. The van der Waals surface area contributed by atoms with E-state index in [2.05, 4.69) is 0 Å². The second-order valence-corrected chi connectivity index (χ2v) is 13.3. The molecule has 9 heteroatoms. The molecule has 7 rings (SSSR count). The standard InChI is InChI=1S/C41H41N3O6/c1-27(9-7-16-38(46)42-25-31-13-4-3-12-30(31)22-33(42)26-45)41(49)35-23-34(50-2)18-19-37(35)43(40(41)48)24-28-10-8-14-32(21-28)44-36-15-6-5-11-29(36)17-20-39(44)47/h3-15,18-19,21,23,27,33,45,49H,16-17,20,22,24-26H2,1-2H3/b9-7+/t27-,33+,41+/m1/s1. The van der Waals surface area contributed by atoms with E-state index in [4.69, 9.17) is 4.74 Å². The highest BCUT2D eigenvalue weighted by Crippen LogP contribution is 2.47. The number of hydrogen-bond acceptors (Lipinski definition) is 6. The zero-order valence-electron chi connectivity index (χ0n) is 28.3. The summed E-state index contributed by atoms with van der Waals surface area (Å²) in [6.45, 7) is 2.23. The van der Waals surface area contributed by atoms with Gasteiger partial charge in [0.05, 0.1) is 37.7 Å². The second-order valence-electron chi connectivity index (χ2n) is 13.3. The minimum Gasteiger partial charge on any atom is -0.497 e. The Morgan fingerprint density at radius 2 is 1.70 bits per heavy atom. The number of benzene rings is 4. The van der Waals surface area contributed by atoms with E-state index in [0.717, 1.165) is 33.6 Å². The monoisotopic (exact) mass is 671 g/mol. The number of aryl methyl sites for hydroxylation is 1. The van der Waals surface area contributed by atoms with Crippen LogP contribution >= 0.6 is 0 Å². The molecule has 0 spiro atoms. The lowest BCUT2D eigenvalue weighted by molar-refractivity contribution is -0.139. The van der Waals surface area contributed by atoms with E-state index in [0.29, 0.717) is 42.8 Å². The Hall–Kier alpha value is -5.25. The third-order valence-electron chi connectivity index (χ3n) is 10.3. The molecule has 0 aromatic heterocycles. The van der Waals surface area contributed by atoms with Crippen LogP contribution in [-0.2, 0) is 45.9 Å². The van der Waals surface area contributed by atoms with Crippen molar-refractivity contribution in [2.24, 2.45) is 5.92 Å². The molecule has 0 aliphatic carbocycles. The quantitative estimate of drug-likeness (QED) is 0.225. The first-order valence-corrected chi connectivity index (χ1v) is 17.1. The fourth-order valence-electron chi connectivity index (χ4n) is 7.57. The van der Waals surface area contributed by atoms with Crippen molar-refractivity contribution in [2.75, 3.05) is 23.5 Å². The predicted molar refractivity (Wildman–Crippen MR) is 191 cm³/mol. The van der Waals surface area contributed by atoms with Gasteiger partial charge >= 0.3 is 0 Å². The van der Waals surface area contributed by atoms with Crippen LogP contribution in [0.5, 0.6) is 5.75 Å². The summed E-state index contributed by atoms with van der Waals surface area (Å²) in [5.74, 6) is -0.788. The summed E-state index contributed by atoms with van der Waals surface area (Å²) in [5.41, 5.74) is 4.77. The fraction of sp³-hybridized carbons (Fsp3) is 0.293. The van der Waals surface area contributed by atoms with Crippen LogP contribution in [-0.4, -0.2) is 52.6 Å². The fourth-order valence-corrected chi connectivity index (χ4v) is 7.57. The van der Waals surface area contributed by atoms with Gasteiger partial charge in [0.1, 0.15) is 5.75 Å². The van der Waals surface area contributed by atoms with E-state index in [1.54, 1.807) is 52.0 Å². The number of hydrogen-bond donors (Lipinski definition) is 2. The van der Waals surface area contributed by atoms with Gasteiger partial charge in [-0.2, -0.15) is 0 Å². The SMILES string of the molecule is COc1ccc2c(c1)[C@@](O)([C@H](C)/C=C/CC(=O)N1Cc3ccccc3C[C@H]1CO)C(=O)N2Cc1cccc(N2C(=O)CCc3ccccc32)c1. The normalized spacial score (nSPS) is 20.5. The minimum atomic E-state index is -1.92. The minimum absolute atomic E-state index is 0.0148. The molecule has 0 fully saturated rings. The number of ether oxygens (including phenoxy) is 1. The molecular weight excluding hydrogens is 630 g/mol. The highest BCUT2D eigenvalue weighted by atomic mass is 16.5. The van der Waals surface area contributed by atoms with Crippen molar-refractivity contribution in [1.82, 2.24) is 4.90 Å². The van der Waals surface area contributed by atoms with Gasteiger partial charge in [0.2, 0.25) is 11.8 Å². The number of para-hydroxylation sites is 1. The number of fused-ring (bicyclic) bond motifs is 3. The topological polar surface area (TPSA) is 111 Å². The molecule has 0 saturated heterocycles. The maximum Gasteiger partial charge on any atom is 0.264 e. The Kier molecular flexibility index (Phi) is 9.03. The number of amides is 3. The average molecular weight is 672 g/mol. The van der Waals surface area contributed by atoms with Crippen molar-refractivity contribution in [3.8, 4) is 5.75 Å².